The molecule has 3 N–H and O–H groups in total. The molecule has 0 heterocycles. The van der Waals surface area contributed by atoms with Crippen molar-refractivity contribution in [2.45, 2.75) is 39.3 Å². The maximum atomic E-state index is 9.68. The second-order valence-electron chi connectivity index (χ2n) is 5.64. The number of hydrogen-bond donors (Lipinski definition) is 2. The van der Waals surface area contributed by atoms with Gasteiger partial charge in [0.2, 0.25) is 0 Å². The van der Waals surface area contributed by atoms with E-state index in [9.17, 15) is 5.11 Å². The minimum atomic E-state index is 0.0317. The van der Waals surface area contributed by atoms with Crippen LogP contribution in [0.1, 0.15) is 39.3 Å². The molecule has 0 aliphatic heterocycles. The fourth-order valence-electron chi connectivity index (χ4n) is 2.51. The minimum absolute atomic E-state index is 0.0317. The summed E-state index contributed by atoms with van der Waals surface area (Å²) in [6, 6.07) is 5.54. The Kier molecular flexibility index (Phi) is 5.20. The summed E-state index contributed by atoms with van der Waals surface area (Å²) in [5.74, 6) is 0.641. The summed E-state index contributed by atoms with van der Waals surface area (Å²) in [6.07, 6.45) is 0. The van der Waals surface area contributed by atoms with Crippen LogP contribution in [0.3, 0.4) is 0 Å². The molecule has 0 fully saturated rings. The van der Waals surface area contributed by atoms with Gasteiger partial charge in [-0.3, -0.25) is 4.90 Å². The van der Waals surface area contributed by atoms with Gasteiger partial charge in [0.05, 0.1) is 7.11 Å². The first-order chi connectivity index (χ1) is 8.85. The third kappa shape index (κ3) is 3.61. The Morgan fingerprint density at radius 1 is 1.37 bits per heavy atom. The summed E-state index contributed by atoms with van der Waals surface area (Å²) in [6.45, 7) is 10.1. The number of ether oxygens (including phenoxy) is 1. The zero-order valence-electron chi connectivity index (χ0n) is 12.6. The second kappa shape index (κ2) is 6.26. The molecule has 0 spiro atoms. The van der Waals surface area contributed by atoms with Gasteiger partial charge < -0.3 is 15.6 Å². The van der Waals surface area contributed by atoms with Gasteiger partial charge in [0.25, 0.3) is 0 Å². The molecule has 0 aliphatic carbocycles. The molecule has 0 radical (unpaired) electrons. The summed E-state index contributed by atoms with van der Waals surface area (Å²) in [5.41, 5.74) is 7.06. The van der Waals surface area contributed by atoms with Crippen molar-refractivity contribution in [1.82, 2.24) is 4.90 Å². The number of nitrogens with two attached hydrogens (primary N) is 1. The SMILES string of the molecule is CCN(C(CN)c1ccc(O)c(OC)c1)C(C)(C)C. The van der Waals surface area contributed by atoms with E-state index >= 15 is 0 Å². The molecule has 0 saturated heterocycles. The van der Waals surface area contributed by atoms with Gasteiger partial charge in [-0.15, -0.1) is 0 Å². The van der Waals surface area contributed by atoms with Gasteiger partial charge in [-0.25, -0.2) is 0 Å². The van der Waals surface area contributed by atoms with E-state index in [1.54, 1.807) is 13.2 Å². The van der Waals surface area contributed by atoms with Crippen LogP contribution >= 0.6 is 0 Å². The van der Waals surface area contributed by atoms with Crippen LogP contribution in [0.5, 0.6) is 11.5 Å². The van der Waals surface area contributed by atoms with E-state index in [1.807, 2.05) is 12.1 Å². The van der Waals surface area contributed by atoms with Gasteiger partial charge in [0.1, 0.15) is 0 Å². The Hall–Kier alpha value is -1.26. The molecular weight excluding hydrogens is 240 g/mol. The molecule has 1 aromatic carbocycles. The second-order valence-corrected chi connectivity index (χ2v) is 5.64. The Balaban J connectivity index is 3.15. The van der Waals surface area contributed by atoms with Crippen LogP contribution in [-0.4, -0.2) is 35.7 Å². The van der Waals surface area contributed by atoms with Crippen LogP contribution in [0.4, 0.5) is 0 Å². The predicted molar refractivity (Wildman–Crippen MR) is 78.6 cm³/mol. The molecule has 4 heteroatoms. The Bertz CT molecular complexity index is 413. The number of methoxy groups -OCH3 is 1. The van der Waals surface area contributed by atoms with Crippen molar-refractivity contribution in [3.8, 4) is 11.5 Å². The molecule has 1 atom stereocenters. The smallest absolute Gasteiger partial charge is 0.160 e. The van der Waals surface area contributed by atoms with Crippen molar-refractivity contribution in [2.24, 2.45) is 5.73 Å². The highest BCUT2D eigenvalue weighted by molar-refractivity contribution is 5.42. The van der Waals surface area contributed by atoms with Crippen LogP contribution in [0.25, 0.3) is 0 Å². The van der Waals surface area contributed by atoms with Gasteiger partial charge in [0.15, 0.2) is 11.5 Å². The van der Waals surface area contributed by atoms with Gasteiger partial charge >= 0.3 is 0 Å². The van der Waals surface area contributed by atoms with Crippen LogP contribution in [-0.2, 0) is 0 Å². The van der Waals surface area contributed by atoms with Crippen molar-refractivity contribution in [2.75, 3.05) is 20.2 Å². The van der Waals surface area contributed by atoms with Crippen molar-refractivity contribution in [1.29, 1.82) is 0 Å². The topological polar surface area (TPSA) is 58.7 Å². The van der Waals surface area contributed by atoms with E-state index in [0.717, 1.165) is 12.1 Å². The lowest BCUT2D eigenvalue weighted by molar-refractivity contribution is 0.0918. The maximum absolute atomic E-state index is 9.68. The summed E-state index contributed by atoms with van der Waals surface area (Å²) in [7, 11) is 1.55. The molecular formula is C15H26N2O2. The van der Waals surface area contributed by atoms with Gasteiger partial charge in [-0.1, -0.05) is 13.0 Å². The first-order valence-corrected chi connectivity index (χ1v) is 6.68. The number of aromatic hydroxyl groups is 1. The van der Waals surface area contributed by atoms with Crippen molar-refractivity contribution < 1.29 is 9.84 Å². The number of rotatable bonds is 5. The average Bonchev–Trinajstić information content (AvgIpc) is 2.35. The molecule has 0 saturated carbocycles. The van der Waals surface area contributed by atoms with Crippen molar-refractivity contribution in [3.63, 3.8) is 0 Å². The zero-order chi connectivity index (χ0) is 14.6. The molecule has 0 aliphatic rings. The highest BCUT2D eigenvalue weighted by atomic mass is 16.5. The molecule has 4 nitrogen and oxygen atoms in total. The number of phenols is 1. The number of likely N-dealkylation sites (N-methyl/N-ethyl adjacent to an activating group) is 1. The molecule has 1 aromatic rings. The number of phenolic OH excluding ortho intramolecular Hbond substituents is 1. The van der Waals surface area contributed by atoms with Crippen LogP contribution in [0, 0.1) is 0 Å². The minimum Gasteiger partial charge on any atom is -0.504 e. The Labute approximate surface area is 116 Å². The molecule has 0 aromatic heterocycles. The predicted octanol–water partition coefficient (Wildman–Crippen LogP) is 2.52. The van der Waals surface area contributed by atoms with Gasteiger partial charge in [0, 0.05) is 18.1 Å². The van der Waals surface area contributed by atoms with E-state index in [1.165, 1.54) is 0 Å². The summed E-state index contributed by atoms with van der Waals surface area (Å²) in [5, 5.41) is 9.68. The fourth-order valence-corrected chi connectivity index (χ4v) is 2.51. The Morgan fingerprint density at radius 2 is 2.00 bits per heavy atom. The molecule has 108 valence electrons. The molecule has 19 heavy (non-hydrogen) atoms. The first-order valence-electron chi connectivity index (χ1n) is 6.68. The van der Waals surface area contributed by atoms with E-state index in [0.29, 0.717) is 12.3 Å². The third-order valence-corrected chi connectivity index (χ3v) is 3.39. The largest absolute Gasteiger partial charge is 0.504 e. The van der Waals surface area contributed by atoms with E-state index in [4.69, 9.17) is 10.5 Å². The summed E-state index contributed by atoms with van der Waals surface area (Å²) < 4.78 is 5.17. The fraction of sp³-hybridized carbons (Fsp3) is 0.600. The summed E-state index contributed by atoms with van der Waals surface area (Å²) in [4.78, 5) is 2.35. The van der Waals surface area contributed by atoms with E-state index < -0.39 is 0 Å². The van der Waals surface area contributed by atoms with Crippen LogP contribution in [0.15, 0.2) is 18.2 Å². The van der Waals surface area contributed by atoms with E-state index in [2.05, 4.69) is 32.6 Å². The molecule has 0 bridgehead atoms. The lowest BCUT2D eigenvalue weighted by atomic mass is 9.97. The standard InChI is InChI=1S/C15H26N2O2/c1-6-17(15(2,3)4)12(10-16)11-7-8-13(18)14(9-11)19-5/h7-9,12,18H,6,10,16H2,1-5H3. The molecule has 0 amide bonds. The highest BCUT2D eigenvalue weighted by Gasteiger charge is 2.28. The Morgan fingerprint density at radius 3 is 2.42 bits per heavy atom. The third-order valence-electron chi connectivity index (χ3n) is 3.39. The number of nitrogens with zero attached hydrogens (tertiary/aromatic N) is 1. The first kappa shape index (κ1) is 15.8. The van der Waals surface area contributed by atoms with Crippen LogP contribution < -0.4 is 10.5 Å². The quantitative estimate of drug-likeness (QED) is 0.860. The monoisotopic (exact) mass is 266 g/mol. The lowest BCUT2D eigenvalue weighted by Crippen LogP contribution is -2.46. The van der Waals surface area contributed by atoms with Crippen LogP contribution in [0.2, 0.25) is 0 Å². The van der Waals surface area contributed by atoms with Crippen molar-refractivity contribution in [3.05, 3.63) is 23.8 Å². The van der Waals surface area contributed by atoms with Gasteiger partial charge in [-0.2, -0.15) is 0 Å². The maximum Gasteiger partial charge on any atom is 0.160 e. The number of benzene rings is 1. The normalized spacial score (nSPS) is 13.6. The molecule has 1 unspecified atom stereocenters. The highest BCUT2D eigenvalue weighted by Crippen LogP contribution is 2.33. The lowest BCUT2D eigenvalue weighted by Gasteiger charge is -2.41. The summed E-state index contributed by atoms with van der Waals surface area (Å²) >= 11 is 0. The molecule has 1 rings (SSSR count). The average molecular weight is 266 g/mol. The number of hydrogen-bond acceptors (Lipinski definition) is 4. The van der Waals surface area contributed by atoms with E-state index in [-0.39, 0.29) is 17.3 Å². The van der Waals surface area contributed by atoms with Crippen molar-refractivity contribution >= 4 is 0 Å². The zero-order valence-corrected chi connectivity index (χ0v) is 12.6. The van der Waals surface area contributed by atoms with Gasteiger partial charge in [-0.05, 0) is 45.0 Å².